The van der Waals surface area contributed by atoms with Crippen molar-refractivity contribution in [2.24, 2.45) is 0 Å². The van der Waals surface area contributed by atoms with Crippen molar-refractivity contribution in [3.05, 3.63) is 12.4 Å². The Morgan fingerprint density at radius 3 is 2.43 bits per heavy atom. The van der Waals surface area contributed by atoms with Gasteiger partial charge >= 0.3 is 0 Å². The first-order valence-corrected chi connectivity index (χ1v) is 8.49. The van der Waals surface area contributed by atoms with Crippen molar-refractivity contribution in [3.63, 3.8) is 0 Å². The molecule has 0 atom stereocenters. The highest BCUT2D eigenvalue weighted by Gasteiger charge is 2.16. The van der Waals surface area contributed by atoms with Gasteiger partial charge < -0.3 is 10.2 Å². The second kappa shape index (κ2) is 6.35. The lowest BCUT2D eigenvalue weighted by Gasteiger charge is -2.15. The summed E-state index contributed by atoms with van der Waals surface area (Å²) in [5, 5.41) is 2.57. The number of anilines is 2. The zero-order chi connectivity index (χ0) is 15.5. The number of hydrogen-bond donors (Lipinski definition) is 1. The lowest BCUT2D eigenvalue weighted by Crippen LogP contribution is -2.34. The van der Waals surface area contributed by atoms with E-state index in [1.165, 1.54) is 19.4 Å². The number of aromatic nitrogens is 2. The summed E-state index contributed by atoms with van der Waals surface area (Å²) < 4.78 is 23.4. The highest BCUT2D eigenvalue weighted by atomic mass is 32.2. The zero-order valence-electron chi connectivity index (χ0n) is 12.1. The Balaban J connectivity index is 1.92. The molecule has 1 amide bonds. The molecular formula is C12H19N5O3S. The van der Waals surface area contributed by atoms with Gasteiger partial charge in [-0.3, -0.25) is 4.79 Å². The Morgan fingerprint density at radius 1 is 1.33 bits per heavy atom. The van der Waals surface area contributed by atoms with Crippen molar-refractivity contribution in [2.45, 2.75) is 12.8 Å². The first-order valence-electron chi connectivity index (χ1n) is 6.64. The monoisotopic (exact) mass is 313 g/mol. The molecule has 0 aliphatic carbocycles. The molecule has 9 heteroatoms. The van der Waals surface area contributed by atoms with Gasteiger partial charge in [0.15, 0.2) is 0 Å². The summed E-state index contributed by atoms with van der Waals surface area (Å²) in [6.07, 6.45) is 6.38. The van der Waals surface area contributed by atoms with E-state index in [1.807, 2.05) is 0 Å². The fraction of sp³-hybridized carbons (Fsp3) is 0.583. The molecule has 1 saturated heterocycles. The van der Waals surface area contributed by atoms with Crippen LogP contribution in [-0.2, 0) is 14.8 Å². The topological polar surface area (TPSA) is 95.5 Å². The van der Waals surface area contributed by atoms with E-state index < -0.39 is 15.9 Å². The maximum atomic E-state index is 11.7. The SMILES string of the molecule is CN(CC(=O)Nc1cnc(N2CCCC2)nc1)S(C)(=O)=O. The molecule has 21 heavy (non-hydrogen) atoms. The molecule has 0 bridgehead atoms. The Hall–Kier alpha value is -1.74. The smallest absolute Gasteiger partial charge is 0.239 e. The summed E-state index contributed by atoms with van der Waals surface area (Å²) in [7, 11) is -2.02. The van der Waals surface area contributed by atoms with Crippen LogP contribution in [0, 0.1) is 0 Å². The second-order valence-electron chi connectivity index (χ2n) is 5.03. The molecule has 1 N–H and O–H groups in total. The lowest BCUT2D eigenvalue weighted by atomic mass is 10.4. The largest absolute Gasteiger partial charge is 0.341 e. The average Bonchev–Trinajstić information content (AvgIpc) is 2.92. The van der Waals surface area contributed by atoms with Crippen molar-refractivity contribution in [2.75, 3.05) is 43.2 Å². The molecule has 0 spiro atoms. The van der Waals surface area contributed by atoms with Gasteiger partial charge in [0.05, 0.1) is 30.9 Å². The molecular weight excluding hydrogens is 294 g/mol. The highest BCUT2D eigenvalue weighted by molar-refractivity contribution is 7.88. The van der Waals surface area contributed by atoms with Gasteiger partial charge in [0.25, 0.3) is 0 Å². The Kier molecular flexibility index (Phi) is 4.73. The summed E-state index contributed by atoms with van der Waals surface area (Å²) in [5.74, 6) is 0.221. The normalized spacial score (nSPS) is 15.5. The maximum Gasteiger partial charge on any atom is 0.239 e. The van der Waals surface area contributed by atoms with E-state index in [0.717, 1.165) is 36.5 Å². The lowest BCUT2D eigenvalue weighted by molar-refractivity contribution is -0.116. The molecule has 0 unspecified atom stereocenters. The number of sulfonamides is 1. The van der Waals surface area contributed by atoms with Crippen LogP contribution in [0.4, 0.5) is 11.6 Å². The standard InChI is InChI=1S/C12H19N5O3S/c1-16(21(2,19)20)9-11(18)15-10-7-13-12(14-8-10)17-5-3-4-6-17/h7-8H,3-6,9H2,1-2H3,(H,15,18). The van der Waals surface area contributed by atoms with Gasteiger partial charge in [-0.2, -0.15) is 4.31 Å². The fourth-order valence-electron chi connectivity index (χ4n) is 1.99. The predicted octanol–water partition coefficient (Wildman–Crippen LogP) is -0.0933. The molecule has 1 aromatic heterocycles. The number of hydrogen-bond acceptors (Lipinski definition) is 6. The minimum Gasteiger partial charge on any atom is -0.341 e. The molecule has 1 fully saturated rings. The predicted molar refractivity (Wildman–Crippen MR) is 79.6 cm³/mol. The second-order valence-corrected chi connectivity index (χ2v) is 7.12. The molecule has 8 nitrogen and oxygen atoms in total. The van der Waals surface area contributed by atoms with Crippen LogP contribution in [0.25, 0.3) is 0 Å². The zero-order valence-corrected chi connectivity index (χ0v) is 12.9. The Labute approximate surface area is 124 Å². The van der Waals surface area contributed by atoms with Gasteiger partial charge in [-0.05, 0) is 12.8 Å². The third-order valence-corrected chi connectivity index (χ3v) is 4.50. The van der Waals surface area contributed by atoms with Crippen molar-refractivity contribution in [1.29, 1.82) is 0 Å². The summed E-state index contributed by atoms with van der Waals surface area (Å²) in [4.78, 5) is 22.2. The fourth-order valence-corrected chi connectivity index (χ4v) is 2.34. The van der Waals surface area contributed by atoms with Crippen LogP contribution in [0.5, 0.6) is 0 Å². The number of nitrogens with one attached hydrogen (secondary N) is 1. The molecule has 0 aromatic carbocycles. The summed E-state index contributed by atoms with van der Waals surface area (Å²) >= 11 is 0. The number of nitrogens with zero attached hydrogens (tertiary/aromatic N) is 4. The molecule has 1 aromatic rings. The van der Waals surface area contributed by atoms with E-state index in [1.54, 1.807) is 0 Å². The van der Waals surface area contributed by atoms with Crippen LogP contribution >= 0.6 is 0 Å². The van der Waals surface area contributed by atoms with Gasteiger partial charge in [0.2, 0.25) is 21.9 Å². The minimum absolute atomic E-state index is 0.243. The van der Waals surface area contributed by atoms with E-state index in [-0.39, 0.29) is 6.54 Å². The Bertz CT molecular complexity index is 596. The van der Waals surface area contributed by atoms with Crippen LogP contribution in [0.1, 0.15) is 12.8 Å². The molecule has 1 aliphatic heterocycles. The summed E-state index contributed by atoms with van der Waals surface area (Å²) in [5.41, 5.74) is 0.449. The van der Waals surface area contributed by atoms with E-state index >= 15 is 0 Å². The van der Waals surface area contributed by atoms with Crippen molar-refractivity contribution >= 4 is 27.6 Å². The first kappa shape index (κ1) is 15.6. The number of amides is 1. The highest BCUT2D eigenvalue weighted by Crippen LogP contribution is 2.16. The number of carbonyl (C=O) groups excluding carboxylic acids is 1. The van der Waals surface area contributed by atoms with E-state index in [4.69, 9.17) is 0 Å². The van der Waals surface area contributed by atoms with E-state index in [9.17, 15) is 13.2 Å². The number of likely N-dealkylation sites (N-methyl/N-ethyl adjacent to an activating group) is 1. The third-order valence-electron chi connectivity index (χ3n) is 3.24. The van der Waals surface area contributed by atoms with Gasteiger partial charge in [-0.25, -0.2) is 18.4 Å². The van der Waals surface area contributed by atoms with E-state index in [2.05, 4.69) is 20.2 Å². The van der Waals surface area contributed by atoms with Gasteiger partial charge in [0.1, 0.15) is 0 Å². The minimum atomic E-state index is -3.37. The molecule has 116 valence electrons. The van der Waals surface area contributed by atoms with Crippen LogP contribution in [0.2, 0.25) is 0 Å². The van der Waals surface area contributed by atoms with Crippen molar-refractivity contribution in [3.8, 4) is 0 Å². The molecule has 1 aliphatic rings. The van der Waals surface area contributed by atoms with Gasteiger partial charge in [-0.1, -0.05) is 0 Å². The quantitative estimate of drug-likeness (QED) is 0.816. The third kappa shape index (κ3) is 4.36. The molecule has 0 saturated carbocycles. The average molecular weight is 313 g/mol. The summed E-state index contributed by atoms with van der Waals surface area (Å²) in [6.45, 7) is 1.66. The van der Waals surface area contributed by atoms with Crippen molar-refractivity contribution < 1.29 is 13.2 Å². The van der Waals surface area contributed by atoms with Gasteiger partial charge in [-0.15, -0.1) is 0 Å². The van der Waals surface area contributed by atoms with Crippen molar-refractivity contribution in [1.82, 2.24) is 14.3 Å². The van der Waals surface area contributed by atoms with Crippen LogP contribution in [-0.4, -0.2) is 61.5 Å². The van der Waals surface area contributed by atoms with E-state index in [0.29, 0.717) is 11.6 Å². The number of carbonyl (C=O) groups is 1. The summed E-state index contributed by atoms with van der Waals surface area (Å²) in [6, 6.07) is 0. The Morgan fingerprint density at radius 2 is 1.90 bits per heavy atom. The first-order chi connectivity index (χ1) is 9.86. The van der Waals surface area contributed by atoms with Crippen LogP contribution in [0.3, 0.4) is 0 Å². The number of rotatable bonds is 5. The van der Waals surface area contributed by atoms with Gasteiger partial charge in [0, 0.05) is 20.1 Å². The van der Waals surface area contributed by atoms with Crippen LogP contribution < -0.4 is 10.2 Å². The maximum absolute atomic E-state index is 11.7. The molecule has 2 rings (SSSR count). The van der Waals surface area contributed by atoms with Crippen LogP contribution in [0.15, 0.2) is 12.4 Å². The molecule has 0 radical (unpaired) electrons. The molecule has 2 heterocycles.